The predicted molar refractivity (Wildman–Crippen MR) is 124 cm³/mol. The summed E-state index contributed by atoms with van der Waals surface area (Å²) < 4.78 is 19.5. The van der Waals surface area contributed by atoms with E-state index in [1.807, 2.05) is 62.4 Å². The van der Waals surface area contributed by atoms with Crippen LogP contribution in [0.3, 0.4) is 0 Å². The molecule has 7 nitrogen and oxygen atoms in total. The van der Waals surface area contributed by atoms with Gasteiger partial charge >= 0.3 is 0 Å². The summed E-state index contributed by atoms with van der Waals surface area (Å²) in [6, 6.07) is 19.6. The van der Waals surface area contributed by atoms with Crippen LogP contribution < -0.4 is 9.47 Å². The van der Waals surface area contributed by atoms with Crippen molar-refractivity contribution in [1.29, 1.82) is 0 Å². The van der Waals surface area contributed by atoms with E-state index in [-0.39, 0.29) is 18.1 Å². The molecule has 0 N–H and O–H groups in total. The Labute approximate surface area is 195 Å². The number of hydrogen-bond acceptors (Lipinski definition) is 7. The normalized spacial score (nSPS) is 14.9. The summed E-state index contributed by atoms with van der Waals surface area (Å²) in [4.78, 5) is 12.9. The Morgan fingerprint density at radius 2 is 1.82 bits per heavy atom. The second-order valence-electron chi connectivity index (χ2n) is 7.84. The summed E-state index contributed by atoms with van der Waals surface area (Å²) in [7, 11) is 0. The molecule has 0 aliphatic carbocycles. The van der Waals surface area contributed by atoms with Gasteiger partial charge in [0.1, 0.15) is 6.61 Å². The number of hydrogen-bond donors (Lipinski definition) is 0. The Morgan fingerprint density at radius 1 is 1.06 bits per heavy atom. The lowest BCUT2D eigenvalue weighted by Gasteiger charge is -2.23. The van der Waals surface area contributed by atoms with Gasteiger partial charge in [-0.15, -0.1) is 10.2 Å². The Morgan fingerprint density at radius 3 is 2.64 bits per heavy atom. The largest absolute Gasteiger partial charge is 0.485 e. The van der Waals surface area contributed by atoms with Crippen LogP contribution in [0.2, 0.25) is 0 Å². The molecule has 1 atom stereocenters. The monoisotopic (exact) mass is 461 g/mol. The van der Waals surface area contributed by atoms with E-state index in [4.69, 9.17) is 13.9 Å². The lowest BCUT2D eigenvalue weighted by molar-refractivity contribution is 0.0686. The van der Waals surface area contributed by atoms with Gasteiger partial charge in [0.25, 0.3) is 11.1 Å². The van der Waals surface area contributed by atoms with Gasteiger partial charge in [-0.1, -0.05) is 54.2 Å². The number of carbonyl (C=O) groups excluding carboxylic acids is 1. The Kier molecular flexibility index (Phi) is 5.92. The van der Waals surface area contributed by atoms with Crippen LogP contribution in [0.15, 0.2) is 70.3 Å². The third kappa shape index (κ3) is 4.52. The standard InChI is InChI=1S/C25H23N3O4S/c1-16-12-19(17(2)28(16)13-18-8-4-3-5-9-18)20(29)15-33-25-27-26-24(32-25)23-14-30-21-10-6-7-11-22(21)31-23/h3-12,23H,13-15H2,1-2H3/t23-/m1/s1. The van der Waals surface area contributed by atoms with Crippen molar-refractivity contribution >= 4 is 17.5 Å². The van der Waals surface area contributed by atoms with Gasteiger partial charge in [-0.2, -0.15) is 0 Å². The minimum atomic E-state index is -0.477. The highest BCUT2D eigenvalue weighted by atomic mass is 32.2. The van der Waals surface area contributed by atoms with Crippen LogP contribution in [0.4, 0.5) is 0 Å². The number of thioether (sulfide) groups is 1. The fourth-order valence-corrected chi connectivity index (χ4v) is 4.50. The number of nitrogens with zero attached hydrogens (tertiary/aromatic N) is 3. The number of fused-ring (bicyclic) bond motifs is 1. The zero-order chi connectivity index (χ0) is 22.8. The van der Waals surface area contributed by atoms with E-state index in [9.17, 15) is 4.79 Å². The Bertz CT molecular complexity index is 1280. The summed E-state index contributed by atoms with van der Waals surface area (Å²) >= 11 is 1.23. The number of Topliss-reactive ketones (excluding diaryl/α,β-unsaturated/α-hetero) is 1. The third-order valence-corrected chi connectivity index (χ3v) is 6.41. The molecule has 2 aromatic heterocycles. The number of carbonyl (C=O) groups is 1. The van der Waals surface area contributed by atoms with Gasteiger partial charge < -0.3 is 18.5 Å². The number of benzene rings is 2. The van der Waals surface area contributed by atoms with Gasteiger partial charge in [-0.05, 0) is 37.6 Å². The zero-order valence-corrected chi connectivity index (χ0v) is 19.2. The molecule has 0 radical (unpaired) electrons. The highest BCUT2D eigenvalue weighted by molar-refractivity contribution is 7.99. The van der Waals surface area contributed by atoms with Crippen LogP contribution in [0, 0.1) is 13.8 Å². The minimum absolute atomic E-state index is 0.0262. The molecule has 0 amide bonds. The highest BCUT2D eigenvalue weighted by Crippen LogP contribution is 2.36. The molecule has 1 aliphatic rings. The average Bonchev–Trinajstić information content (AvgIpc) is 3.43. The maximum atomic E-state index is 12.9. The van der Waals surface area contributed by atoms with Gasteiger partial charge in [0.05, 0.1) is 5.75 Å². The van der Waals surface area contributed by atoms with E-state index >= 15 is 0 Å². The number of aromatic nitrogens is 3. The summed E-state index contributed by atoms with van der Waals surface area (Å²) in [6.07, 6.45) is -0.477. The molecule has 5 rings (SSSR count). The SMILES string of the molecule is Cc1cc(C(=O)CSc2nnc([C@H]3COc4ccccc4O3)o2)c(C)n1Cc1ccccc1. The number of aryl methyl sites for hydroxylation is 1. The molecule has 33 heavy (non-hydrogen) atoms. The van der Waals surface area contributed by atoms with Crippen LogP contribution >= 0.6 is 11.8 Å². The van der Waals surface area contributed by atoms with Crippen molar-refractivity contribution in [3.63, 3.8) is 0 Å². The lowest BCUT2D eigenvalue weighted by atomic mass is 10.2. The fourth-order valence-electron chi connectivity index (χ4n) is 3.85. The van der Waals surface area contributed by atoms with Crippen LogP contribution in [-0.4, -0.2) is 32.9 Å². The van der Waals surface area contributed by atoms with E-state index in [1.54, 1.807) is 0 Å². The fraction of sp³-hybridized carbons (Fsp3) is 0.240. The molecule has 4 aromatic rings. The van der Waals surface area contributed by atoms with Crippen LogP contribution in [0.1, 0.15) is 39.3 Å². The highest BCUT2D eigenvalue weighted by Gasteiger charge is 2.27. The molecule has 0 spiro atoms. The minimum Gasteiger partial charge on any atom is -0.485 e. The third-order valence-electron chi connectivity index (χ3n) is 5.59. The molecule has 0 unspecified atom stereocenters. The maximum absolute atomic E-state index is 12.9. The van der Waals surface area contributed by atoms with Crippen LogP contribution in [0.5, 0.6) is 11.5 Å². The van der Waals surface area contributed by atoms with E-state index in [2.05, 4.69) is 26.9 Å². The van der Waals surface area contributed by atoms with Crippen molar-refractivity contribution < 1.29 is 18.7 Å². The van der Waals surface area contributed by atoms with Gasteiger partial charge in [-0.25, -0.2) is 0 Å². The van der Waals surface area contributed by atoms with Crippen molar-refractivity contribution in [3.05, 3.63) is 89.1 Å². The van der Waals surface area contributed by atoms with Crippen molar-refractivity contribution in [2.24, 2.45) is 0 Å². The van der Waals surface area contributed by atoms with E-state index in [1.165, 1.54) is 17.3 Å². The molecule has 1 aliphatic heterocycles. The van der Waals surface area contributed by atoms with Gasteiger partial charge in [-0.3, -0.25) is 4.79 Å². The second-order valence-corrected chi connectivity index (χ2v) is 8.77. The quantitative estimate of drug-likeness (QED) is 0.282. The molecule has 0 saturated heterocycles. The van der Waals surface area contributed by atoms with Gasteiger partial charge in [0, 0.05) is 23.5 Å². The molecule has 0 bridgehead atoms. The lowest BCUT2D eigenvalue weighted by Crippen LogP contribution is -2.21. The number of ether oxygens (including phenoxy) is 2. The van der Waals surface area contributed by atoms with E-state index in [0.717, 1.165) is 23.5 Å². The summed E-state index contributed by atoms with van der Waals surface area (Å²) in [6.45, 7) is 5.03. The molecule has 8 heteroatoms. The van der Waals surface area contributed by atoms with E-state index < -0.39 is 6.10 Å². The molecule has 2 aromatic carbocycles. The van der Waals surface area contributed by atoms with Gasteiger partial charge in [0.15, 0.2) is 17.3 Å². The molecule has 3 heterocycles. The van der Waals surface area contributed by atoms with Crippen LogP contribution in [0.25, 0.3) is 0 Å². The first-order valence-electron chi connectivity index (χ1n) is 10.7. The first-order valence-corrected chi connectivity index (χ1v) is 11.7. The van der Waals surface area contributed by atoms with Crippen molar-refractivity contribution in [3.8, 4) is 11.5 Å². The molecular weight excluding hydrogens is 438 g/mol. The smallest absolute Gasteiger partial charge is 0.277 e. The molecule has 0 fully saturated rings. The molecule has 0 saturated carbocycles. The van der Waals surface area contributed by atoms with Crippen LogP contribution in [-0.2, 0) is 6.54 Å². The molecule has 168 valence electrons. The van der Waals surface area contributed by atoms with Crippen molar-refractivity contribution in [2.75, 3.05) is 12.4 Å². The summed E-state index contributed by atoms with van der Waals surface area (Å²) in [5, 5.41) is 8.49. The Hall–Kier alpha value is -3.52. The second kappa shape index (κ2) is 9.15. The van der Waals surface area contributed by atoms with E-state index in [0.29, 0.717) is 22.6 Å². The molecular formula is C25H23N3O4S. The first kappa shape index (κ1) is 21.3. The number of rotatable bonds is 7. The predicted octanol–water partition coefficient (Wildman–Crippen LogP) is 5.02. The first-order chi connectivity index (χ1) is 16.1. The summed E-state index contributed by atoms with van der Waals surface area (Å²) in [5.74, 6) is 1.90. The Balaban J connectivity index is 1.23. The topological polar surface area (TPSA) is 79.4 Å². The average molecular weight is 462 g/mol. The maximum Gasteiger partial charge on any atom is 0.277 e. The number of para-hydroxylation sites is 2. The van der Waals surface area contributed by atoms with Crippen molar-refractivity contribution in [2.45, 2.75) is 31.7 Å². The zero-order valence-electron chi connectivity index (χ0n) is 18.4. The van der Waals surface area contributed by atoms with Crippen molar-refractivity contribution in [1.82, 2.24) is 14.8 Å². The number of ketones is 1. The summed E-state index contributed by atoms with van der Waals surface area (Å²) in [5.41, 5.74) is 3.93. The van der Waals surface area contributed by atoms with Gasteiger partial charge in [0.2, 0.25) is 6.10 Å².